The summed E-state index contributed by atoms with van der Waals surface area (Å²) in [5.74, 6) is 1.32. The molecule has 15 heavy (non-hydrogen) atoms. The van der Waals surface area contributed by atoms with Crippen LogP contribution in [0.5, 0.6) is 5.75 Å². The number of ether oxygens (including phenoxy) is 1. The molecule has 0 spiro atoms. The summed E-state index contributed by atoms with van der Waals surface area (Å²) >= 11 is 0. The van der Waals surface area contributed by atoms with Gasteiger partial charge in [-0.25, -0.2) is 0 Å². The predicted molar refractivity (Wildman–Crippen MR) is 59.6 cm³/mol. The van der Waals surface area contributed by atoms with Gasteiger partial charge in [-0.3, -0.25) is 4.79 Å². The smallest absolute Gasteiger partial charge is 0.153 e. The number of carbonyl (C=O) groups is 1. The van der Waals surface area contributed by atoms with Crippen LogP contribution in [0.25, 0.3) is 0 Å². The number of hydrogen-bond acceptors (Lipinski definition) is 2. The zero-order valence-corrected chi connectivity index (χ0v) is 9.03. The van der Waals surface area contributed by atoms with Gasteiger partial charge < -0.3 is 4.74 Å². The first-order valence-electron chi connectivity index (χ1n) is 5.48. The van der Waals surface area contributed by atoms with Crippen LogP contribution in [0.1, 0.15) is 47.5 Å². The van der Waals surface area contributed by atoms with Gasteiger partial charge in [-0.1, -0.05) is 18.9 Å². The van der Waals surface area contributed by atoms with Crippen LogP contribution in [-0.4, -0.2) is 13.4 Å². The first-order chi connectivity index (χ1) is 7.35. The van der Waals surface area contributed by atoms with Gasteiger partial charge in [0.05, 0.1) is 12.7 Å². The largest absolute Gasteiger partial charge is 0.496 e. The molecule has 1 aliphatic rings. The lowest BCUT2D eigenvalue weighted by Crippen LogP contribution is -1.96. The molecule has 0 unspecified atom stereocenters. The third-order valence-electron chi connectivity index (χ3n) is 3.21. The van der Waals surface area contributed by atoms with Gasteiger partial charge in [-0.15, -0.1) is 0 Å². The third kappa shape index (κ3) is 2.04. The normalized spacial score (nSPS) is 16.6. The summed E-state index contributed by atoms with van der Waals surface area (Å²) in [5.41, 5.74) is 1.96. The summed E-state index contributed by atoms with van der Waals surface area (Å²) in [4.78, 5) is 10.9. The van der Waals surface area contributed by atoms with Gasteiger partial charge in [0, 0.05) is 0 Å². The number of hydrogen-bond donors (Lipinski definition) is 0. The van der Waals surface area contributed by atoms with E-state index in [9.17, 15) is 4.79 Å². The Morgan fingerprint density at radius 2 is 2.07 bits per heavy atom. The standard InChI is InChI=1S/C13H16O2/c1-15-13-7-6-11(8-12(13)9-14)10-4-2-3-5-10/h6-10H,2-5H2,1H3. The Bertz CT molecular complexity index is 352. The second-order valence-electron chi connectivity index (χ2n) is 4.10. The molecule has 0 N–H and O–H groups in total. The van der Waals surface area contributed by atoms with Crippen molar-refractivity contribution in [2.24, 2.45) is 0 Å². The van der Waals surface area contributed by atoms with Crippen molar-refractivity contribution in [2.45, 2.75) is 31.6 Å². The lowest BCUT2D eigenvalue weighted by Gasteiger charge is -2.11. The fourth-order valence-electron chi connectivity index (χ4n) is 2.36. The van der Waals surface area contributed by atoms with Crippen LogP contribution in [-0.2, 0) is 0 Å². The van der Waals surface area contributed by atoms with Crippen molar-refractivity contribution in [3.05, 3.63) is 29.3 Å². The van der Waals surface area contributed by atoms with Crippen LogP contribution in [0, 0.1) is 0 Å². The zero-order chi connectivity index (χ0) is 10.7. The van der Waals surface area contributed by atoms with Crippen molar-refractivity contribution >= 4 is 6.29 Å². The Kier molecular flexibility index (Phi) is 3.05. The Morgan fingerprint density at radius 3 is 2.67 bits per heavy atom. The van der Waals surface area contributed by atoms with E-state index in [4.69, 9.17) is 4.74 Å². The molecule has 2 heteroatoms. The van der Waals surface area contributed by atoms with Gasteiger partial charge in [0.25, 0.3) is 0 Å². The van der Waals surface area contributed by atoms with E-state index in [1.165, 1.54) is 31.2 Å². The summed E-state index contributed by atoms with van der Waals surface area (Å²) in [6.07, 6.45) is 6.01. The molecule has 0 aromatic heterocycles. The van der Waals surface area contributed by atoms with Crippen molar-refractivity contribution < 1.29 is 9.53 Å². The van der Waals surface area contributed by atoms with E-state index in [1.54, 1.807) is 7.11 Å². The number of carbonyl (C=O) groups excluding carboxylic acids is 1. The number of methoxy groups -OCH3 is 1. The van der Waals surface area contributed by atoms with Gasteiger partial charge in [0.15, 0.2) is 6.29 Å². The summed E-state index contributed by atoms with van der Waals surface area (Å²) in [6.45, 7) is 0. The monoisotopic (exact) mass is 204 g/mol. The van der Waals surface area contributed by atoms with Crippen LogP contribution in [0.2, 0.25) is 0 Å². The number of rotatable bonds is 3. The Balaban J connectivity index is 2.29. The van der Waals surface area contributed by atoms with E-state index < -0.39 is 0 Å². The highest BCUT2D eigenvalue weighted by Crippen LogP contribution is 2.35. The van der Waals surface area contributed by atoms with Crippen molar-refractivity contribution in [2.75, 3.05) is 7.11 Å². The first kappa shape index (κ1) is 10.2. The highest BCUT2D eigenvalue weighted by Gasteiger charge is 2.17. The van der Waals surface area contributed by atoms with Gasteiger partial charge in [-0.2, -0.15) is 0 Å². The summed E-state index contributed by atoms with van der Waals surface area (Å²) in [5, 5.41) is 0. The van der Waals surface area contributed by atoms with Gasteiger partial charge in [0.2, 0.25) is 0 Å². The third-order valence-corrected chi connectivity index (χ3v) is 3.21. The molecule has 1 aromatic rings. The molecular formula is C13H16O2. The Hall–Kier alpha value is -1.31. The molecule has 0 radical (unpaired) electrons. The van der Waals surface area contributed by atoms with Gasteiger partial charge >= 0.3 is 0 Å². The highest BCUT2D eigenvalue weighted by atomic mass is 16.5. The maximum absolute atomic E-state index is 10.9. The molecule has 0 amide bonds. The predicted octanol–water partition coefficient (Wildman–Crippen LogP) is 3.17. The van der Waals surface area contributed by atoms with E-state index in [0.29, 0.717) is 17.2 Å². The van der Waals surface area contributed by atoms with Crippen LogP contribution < -0.4 is 4.74 Å². The van der Waals surface area contributed by atoms with E-state index in [1.807, 2.05) is 12.1 Å². The molecule has 0 saturated heterocycles. The molecule has 1 aromatic carbocycles. The Labute approximate surface area is 90.3 Å². The van der Waals surface area contributed by atoms with Crippen molar-refractivity contribution in [1.82, 2.24) is 0 Å². The summed E-state index contributed by atoms with van der Waals surface area (Å²) < 4.78 is 5.12. The van der Waals surface area contributed by atoms with Crippen LogP contribution in [0.3, 0.4) is 0 Å². The molecule has 2 rings (SSSR count). The SMILES string of the molecule is COc1ccc(C2CCCC2)cc1C=O. The minimum absolute atomic E-state index is 0.648. The number of aldehydes is 1. The molecule has 0 atom stereocenters. The van der Waals surface area contributed by atoms with E-state index in [0.717, 1.165) is 6.29 Å². The summed E-state index contributed by atoms with van der Waals surface area (Å²) in [6, 6.07) is 5.96. The van der Waals surface area contributed by atoms with E-state index in [2.05, 4.69) is 6.07 Å². The second-order valence-corrected chi connectivity index (χ2v) is 4.10. The fourth-order valence-corrected chi connectivity index (χ4v) is 2.36. The minimum atomic E-state index is 0.648. The van der Waals surface area contributed by atoms with Crippen molar-refractivity contribution in [1.29, 1.82) is 0 Å². The van der Waals surface area contributed by atoms with Gasteiger partial charge in [0.1, 0.15) is 5.75 Å². The quantitative estimate of drug-likeness (QED) is 0.707. The second kappa shape index (κ2) is 4.47. The lowest BCUT2D eigenvalue weighted by molar-refractivity contribution is 0.112. The molecule has 0 aliphatic heterocycles. The van der Waals surface area contributed by atoms with Crippen LogP contribution in [0.15, 0.2) is 18.2 Å². The van der Waals surface area contributed by atoms with Crippen LogP contribution >= 0.6 is 0 Å². The van der Waals surface area contributed by atoms with Crippen molar-refractivity contribution in [3.8, 4) is 5.75 Å². The van der Waals surface area contributed by atoms with Crippen molar-refractivity contribution in [3.63, 3.8) is 0 Å². The molecule has 0 bridgehead atoms. The molecule has 1 fully saturated rings. The maximum Gasteiger partial charge on any atom is 0.153 e. The molecule has 80 valence electrons. The minimum Gasteiger partial charge on any atom is -0.496 e. The van der Waals surface area contributed by atoms with E-state index >= 15 is 0 Å². The fraction of sp³-hybridized carbons (Fsp3) is 0.462. The molecule has 0 heterocycles. The maximum atomic E-state index is 10.9. The number of benzene rings is 1. The first-order valence-corrected chi connectivity index (χ1v) is 5.48. The molecule has 1 aliphatic carbocycles. The molecule has 2 nitrogen and oxygen atoms in total. The average Bonchev–Trinajstić information content (AvgIpc) is 2.81. The highest BCUT2D eigenvalue weighted by molar-refractivity contribution is 5.79. The zero-order valence-electron chi connectivity index (χ0n) is 9.03. The summed E-state index contributed by atoms with van der Waals surface area (Å²) in [7, 11) is 1.59. The molecule has 1 saturated carbocycles. The Morgan fingerprint density at radius 1 is 1.33 bits per heavy atom. The topological polar surface area (TPSA) is 26.3 Å². The lowest BCUT2D eigenvalue weighted by atomic mass is 9.96. The molecular weight excluding hydrogens is 188 g/mol. The van der Waals surface area contributed by atoms with E-state index in [-0.39, 0.29) is 0 Å². The average molecular weight is 204 g/mol. The van der Waals surface area contributed by atoms with Crippen LogP contribution in [0.4, 0.5) is 0 Å². The van der Waals surface area contributed by atoms with Gasteiger partial charge in [-0.05, 0) is 36.5 Å².